The van der Waals surface area contributed by atoms with Crippen LogP contribution in [0.15, 0.2) is 24.5 Å². The van der Waals surface area contributed by atoms with Gasteiger partial charge in [0.1, 0.15) is 10.0 Å². The number of likely N-dealkylation sites (N-methyl/N-ethyl adjacent to an activating group) is 1. The summed E-state index contributed by atoms with van der Waals surface area (Å²) < 4.78 is 2.14. The van der Waals surface area contributed by atoms with Crippen molar-refractivity contribution in [1.82, 2.24) is 14.8 Å². The number of Topliss-reactive ketones (excluding diaryl/α,β-unsaturated/α-hetero) is 1. The second-order valence-electron chi connectivity index (χ2n) is 8.64. The van der Waals surface area contributed by atoms with Crippen LogP contribution >= 0.6 is 22.7 Å². The number of urea groups is 1. The average Bonchev–Trinajstić information content (AvgIpc) is 3.48. The average molecular weight is 469 g/mol. The van der Waals surface area contributed by atoms with E-state index in [1.54, 1.807) is 18.3 Å². The second-order valence-corrected chi connectivity index (χ2v) is 10.8. The summed E-state index contributed by atoms with van der Waals surface area (Å²) in [6.07, 6.45) is 9.29. The number of anilines is 1. The first-order valence-corrected chi connectivity index (χ1v) is 12.8. The number of aryl methyl sites for hydroxylation is 1. The summed E-state index contributed by atoms with van der Waals surface area (Å²) in [7, 11) is 2.15. The Morgan fingerprint density at radius 3 is 2.59 bits per heavy atom. The van der Waals surface area contributed by atoms with Crippen LogP contribution in [0, 0.1) is 0 Å². The number of hydrogen-bond donors (Lipinski definition) is 2. The molecule has 0 spiro atoms. The molecule has 2 N–H and O–H groups in total. The van der Waals surface area contributed by atoms with Crippen molar-refractivity contribution in [3.05, 3.63) is 56.5 Å². The summed E-state index contributed by atoms with van der Waals surface area (Å²) in [5.74, 6) is 0.0330. The number of amides is 2. The third-order valence-corrected chi connectivity index (χ3v) is 8.83. The maximum atomic E-state index is 12.9. The minimum atomic E-state index is -0.252. The normalized spacial score (nSPS) is 15.8. The van der Waals surface area contributed by atoms with Crippen LogP contribution in [-0.4, -0.2) is 34.9 Å². The number of carbonyl (C=O) groups is 2. The Morgan fingerprint density at radius 2 is 1.81 bits per heavy atom. The smallest absolute Gasteiger partial charge is 0.320 e. The van der Waals surface area contributed by atoms with E-state index in [9.17, 15) is 9.59 Å². The minimum Gasteiger partial charge on any atom is -0.334 e. The van der Waals surface area contributed by atoms with Crippen molar-refractivity contribution in [3.63, 3.8) is 0 Å². The van der Waals surface area contributed by atoms with Gasteiger partial charge in [-0.2, -0.15) is 0 Å². The molecule has 0 unspecified atom stereocenters. The van der Waals surface area contributed by atoms with E-state index in [4.69, 9.17) is 0 Å². The highest BCUT2D eigenvalue weighted by Gasteiger charge is 2.26. The maximum Gasteiger partial charge on any atom is 0.320 e. The summed E-state index contributed by atoms with van der Waals surface area (Å²) >= 11 is 3.38. The summed E-state index contributed by atoms with van der Waals surface area (Å²) in [5.41, 5.74) is 4.42. The van der Waals surface area contributed by atoms with E-state index in [1.165, 1.54) is 25.9 Å². The molecule has 5 rings (SSSR count). The lowest BCUT2D eigenvalue weighted by Crippen LogP contribution is -2.30. The standard InChI is InChI=1S/C24H28N4O2S2/c1-15(29)21-17-7-3-4-8-19(17)31-22(21)26-24(30)25-13-18-16-9-12-27(2)14-20(16)32-23(18)28-10-5-6-11-28/h5-6,10-11H,3-4,7-9,12-14H2,1-2H3,(H2,25,26,30). The third-order valence-electron chi connectivity index (χ3n) is 6.35. The predicted molar refractivity (Wildman–Crippen MR) is 131 cm³/mol. The predicted octanol–water partition coefficient (Wildman–Crippen LogP) is 4.99. The van der Waals surface area contributed by atoms with Crippen LogP contribution in [0.3, 0.4) is 0 Å². The van der Waals surface area contributed by atoms with Gasteiger partial charge in [0.2, 0.25) is 0 Å². The Labute approximate surface area is 196 Å². The molecule has 4 heterocycles. The van der Waals surface area contributed by atoms with Gasteiger partial charge in [0.25, 0.3) is 0 Å². The van der Waals surface area contributed by atoms with Crippen molar-refractivity contribution >= 4 is 39.5 Å². The van der Waals surface area contributed by atoms with E-state index in [2.05, 4.69) is 39.5 Å². The van der Waals surface area contributed by atoms with Crippen LogP contribution in [-0.2, 0) is 32.4 Å². The van der Waals surface area contributed by atoms with Gasteiger partial charge in [-0.3, -0.25) is 10.1 Å². The van der Waals surface area contributed by atoms with E-state index in [0.29, 0.717) is 17.1 Å². The van der Waals surface area contributed by atoms with Gasteiger partial charge in [-0.25, -0.2) is 4.79 Å². The molecule has 0 fully saturated rings. The SMILES string of the molecule is CC(=O)c1c(NC(=O)NCc2c(-n3cccc3)sc3c2CCN(C)C3)sc2c1CCCC2. The Bertz CT molecular complexity index is 1160. The summed E-state index contributed by atoms with van der Waals surface area (Å²) in [4.78, 5) is 30.2. The quantitative estimate of drug-likeness (QED) is 0.519. The summed E-state index contributed by atoms with van der Waals surface area (Å²) in [6.45, 7) is 4.04. The van der Waals surface area contributed by atoms with Gasteiger partial charge >= 0.3 is 6.03 Å². The molecule has 32 heavy (non-hydrogen) atoms. The highest BCUT2D eigenvalue weighted by atomic mass is 32.1. The molecule has 1 aliphatic heterocycles. The molecule has 8 heteroatoms. The Balaban J connectivity index is 1.36. The van der Waals surface area contributed by atoms with Gasteiger partial charge < -0.3 is 14.8 Å². The first-order valence-electron chi connectivity index (χ1n) is 11.2. The Hall–Kier alpha value is -2.42. The maximum absolute atomic E-state index is 12.9. The number of rotatable bonds is 5. The zero-order valence-corrected chi connectivity index (χ0v) is 20.1. The lowest BCUT2D eigenvalue weighted by atomic mass is 9.94. The monoisotopic (exact) mass is 468 g/mol. The van der Waals surface area contributed by atoms with Gasteiger partial charge in [-0.1, -0.05) is 0 Å². The molecule has 2 aliphatic rings. The van der Waals surface area contributed by atoms with Gasteiger partial charge in [0, 0.05) is 47.3 Å². The molecule has 0 radical (unpaired) electrons. The van der Waals surface area contributed by atoms with Crippen molar-refractivity contribution in [2.75, 3.05) is 18.9 Å². The van der Waals surface area contributed by atoms with Crippen molar-refractivity contribution in [2.45, 2.75) is 52.1 Å². The molecule has 0 saturated heterocycles. The van der Waals surface area contributed by atoms with Crippen LogP contribution in [0.4, 0.5) is 9.80 Å². The molecule has 3 aromatic heterocycles. The lowest BCUT2D eigenvalue weighted by Gasteiger charge is -2.22. The Morgan fingerprint density at radius 1 is 1.03 bits per heavy atom. The largest absolute Gasteiger partial charge is 0.334 e. The number of nitrogens with zero attached hydrogens (tertiary/aromatic N) is 2. The van der Waals surface area contributed by atoms with Crippen molar-refractivity contribution in [3.8, 4) is 5.00 Å². The third kappa shape index (κ3) is 4.02. The lowest BCUT2D eigenvalue weighted by molar-refractivity contribution is 0.101. The number of hydrogen-bond acceptors (Lipinski definition) is 5. The molecule has 3 aromatic rings. The van der Waals surface area contributed by atoms with Gasteiger partial charge in [-0.05, 0) is 69.3 Å². The number of carbonyl (C=O) groups excluding carboxylic acids is 2. The first-order chi connectivity index (χ1) is 15.5. The number of fused-ring (bicyclic) bond motifs is 2. The van der Waals surface area contributed by atoms with Crippen molar-refractivity contribution < 1.29 is 9.59 Å². The van der Waals surface area contributed by atoms with Crippen molar-refractivity contribution in [1.29, 1.82) is 0 Å². The minimum absolute atomic E-state index is 0.0330. The molecule has 6 nitrogen and oxygen atoms in total. The van der Waals surface area contributed by atoms with Crippen molar-refractivity contribution in [2.24, 2.45) is 0 Å². The first kappa shape index (κ1) is 21.4. The van der Waals surface area contributed by atoms with Crippen LogP contribution in [0.25, 0.3) is 5.00 Å². The molecule has 1 aliphatic carbocycles. The highest BCUT2D eigenvalue weighted by Crippen LogP contribution is 2.39. The molecule has 0 aromatic carbocycles. The summed E-state index contributed by atoms with van der Waals surface area (Å²) in [6, 6.07) is 3.80. The van der Waals surface area contributed by atoms with E-state index in [0.717, 1.165) is 50.8 Å². The topological polar surface area (TPSA) is 66.4 Å². The van der Waals surface area contributed by atoms with E-state index in [-0.39, 0.29) is 11.8 Å². The molecule has 0 atom stereocenters. The fraction of sp³-hybridized carbons (Fsp3) is 0.417. The fourth-order valence-corrected chi connectivity index (χ4v) is 7.53. The molecule has 0 bridgehead atoms. The zero-order chi connectivity index (χ0) is 22.2. The van der Waals surface area contributed by atoms with Crippen LogP contribution in [0.5, 0.6) is 0 Å². The van der Waals surface area contributed by atoms with Gasteiger partial charge in [-0.15, -0.1) is 22.7 Å². The zero-order valence-electron chi connectivity index (χ0n) is 18.5. The molecule has 168 valence electrons. The summed E-state index contributed by atoms with van der Waals surface area (Å²) in [5, 5.41) is 7.93. The van der Waals surface area contributed by atoms with Crippen LogP contribution < -0.4 is 10.6 Å². The molecule has 0 saturated carbocycles. The number of ketones is 1. The Kier molecular flexibility index (Phi) is 5.92. The number of thiophene rings is 2. The van der Waals surface area contributed by atoms with Crippen LogP contribution in [0.1, 0.15) is 56.6 Å². The van der Waals surface area contributed by atoms with Gasteiger partial charge in [0.05, 0.1) is 5.56 Å². The fourth-order valence-electron chi connectivity index (χ4n) is 4.79. The molecule has 2 amide bonds. The number of nitrogens with one attached hydrogen (secondary N) is 2. The number of aromatic nitrogens is 1. The van der Waals surface area contributed by atoms with Crippen LogP contribution in [0.2, 0.25) is 0 Å². The second kappa shape index (κ2) is 8.84. The van der Waals surface area contributed by atoms with Gasteiger partial charge in [0.15, 0.2) is 5.78 Å². The van der Waals surface area contributed by atoms with E-state index in [1.807, 2.05) is 23.5 Å². The molecular weight excluding hydrogens is 440 g/mol. The molecular formula is C24H28N4O2S2. The van der Waals surface area contributed by atoms with E-state index < -0.39 is 0 Å². The highest BCUT2D eigenvalue weighted by molar-refractivity contribution is 7.17. The van der Waals surface area contributed by atoms with E-state index >= 15 is 0 Å².